The van der Waals surface area contributed by atoms with Gasteiger partial charge in [0.05, 0.1) is 6.10 Å². The van der Waals surface area contributed by atoms with Crippen LogP contribution in [0.5, 0.6) is 0 Å². The van der Waals surface area contributed by atoms with E-state index >= 15 is 0 Å². The van der Waals surface area contributed by atoms with Crippen molar-refractivity contribution in [1.82, 2.24) is 0 Å². The Bertz CT molecular complexity index is 661. The zero-order chi connectivity index (χ0) is 19.2. The minimum Gasteiger partial charge on any atom is -0.458 e. The van der Waals surface area contributed by atoms with Gasteiger partial charge in [-0.2, -0.15) is 0 Å². The molecule has 2 bridgehead atoms. The van der Waals surface area contributed by atoms with Gasteiger partial charge in [0.15, 0.2) is 0 Å². The maximum atomic E-state index is 11.7. The monoisotopic (exact) mass is 360 g/mol. The van der Waals surface area contributed by atoms with Crippen LogP contribution in [0.15, 0.2) is 35.5 Å². The topological polar surface area (TPSA) is 66.8 Å². The Hall–Kier alpha value is -1.39. The molecule has 0 unspecified atom stereocenters. The largest absolute Gasteiger partial charge is 0.458 e. The molecule has 4 heteroatoms. The van der Waals surface area contributed by atoms with Crippen molar-refractivity contribution in [3.8, 4) is 0 Å². The molecule has 4 nitrogen and oxygen atoms in total. The first-order chi connectivity index (χ1) is 12.2. The fraction of sp³-hybridized carbons (Fsp3) is 0.682. The fourth-order valence-corrected chi connectivity index (χ4v) is 5.64. The number of hydrogen-bond acceptors (Lipinski definition) is 4. The van der Waals surface area contributed by atoms with Gasteiger partial charge in [-0.15, -0.1) is 0 Å². The van der Waals surface area contributed by atoms with E-state index < -0.39 is 18.3 Å². The number of hydrogen-bond donors (Lipinski definition) is 2. The minimum absolute atomic E-state index is 0.111. The molecule has 0 aromatic carbocycles. The number of rotatable bonds is 1. The third-order valence-electron chi connectivity index (χ3n) is 6.94. The lowest BCUT2D eigenvalue weighted by Gasteiger charge is -2.48. The van der Waals surface area contributed by atoms with E-state index in [2.05, 4.69) is 32.6 Å². The number of esters is 1. The second kappa shape index (κ2) is 6.97. The Balaban J connectivity index is 2.16. The van der Waals surface area contributed by atoms with Crippen molar-refractivity contribution in [2.75, 3.05) is 0 Å². The van der Waals surface area contributed by atoms with Crippen molar-refractivity contribution < 1.29 is 19.7 Å². The van der Waals surface area contributed by atoms with E-state index in [4.69, 9.17) is 4.74 Å². The molecule has 3 aliphatic carbocycles. The average Bonchev–Trinajstić information content (AvgIpc) is 2.90. The first-order valence-electron chi connectivity index (χ1n) is 9.76. The maximum absolute atomic E-state index is 11.7. The Morgan fingerprint density at radius 2 is 2.08 bits per heavy atom. The zero-order valence-corrected chi connectivity index (χ0v) is 16.4. The van der Waals surface area contributed by atoms with E-state index in [0.717, 1.165) is 30.4 Å². The van der Waals surface area contributed by atoms with Crippen LogP contribution in [0.2, 0.25) is 0 Å². The molecule has 144 valence electrons. The summed E-state index contributed by atoms with van der Waals surface area (Å²) in [6, 6.07) is 0. The van der Waals surface area contributed by atoms with Crippen LogP contribution in [0.25, 0.3) is 0 Å². The van der Waals surface area contributed by atoms with Crippen molar-refractivity contribution in [3.05, 3.63) is 35.5 Å². The van der Waals surface area contributed by atoms with Crippen LogP contribution in [-0.4, -0.2) is 34.5 Å². The van der Waals surface area contributed by atoms with E-state index in [1.807, 2.05) is 6.92 Å². The molecule has 0 saturated heterocycles. The highest BCUT2D eigenvalue weighted by Crippen LogP contribution is 2.59. The van der Waals surface area contributed by atoms with Gasteiger partial charge >= 0.3 is 5.97 Å². The van der Waals surface area contributed by atoms with Crippen LogP contribution in [0.4, 0.5) is 0 Å². The van der Waals surface area contributed by atoms with Gasteiger partial charge in [-0.05, 0) is 50.4 Å². The number of aliphatic hydroxyl groups excluding tert-OH is 2. The van der Waals surface area contributed by atoms with Gasteiger partial charge in [0.2, 0.25) is 0 Å². The molecule has 0 radical (unpaired) electrons. The molecule has 0 amide bonds. The lowest BCUT2D eigenvalue weighted by Crippen LogP contribution is -2.52. The molecule has 0 aromatic rings. The second-order valence-electron chi connectivity index (χ2n) is 8.81. The molecule has 3 rings (SSSR count). The number of allylic oxidation sites excluding steroid dienone is 4. The summed E-state index contributed by atoms with van der Waals surface area (Å²) >= 11 is 0. The van der Waals surface area contributed by atoms with Gasteiger partial charge in [0.1, 0.15) is 12.2 Å². The highest BCUT2D eigenvalue weighted by molar-refractivity contribution is 5.66. The molecule has 0 aromatic heterocycles. The number of ether oxygens (including phenoxy) is 1. The lowest BCUT2D eigenvalue weighted by molar-refractivity contribution is -0.147. The van der Waals surface area contributed by atoms with Crippen LogP contribution in [0.1, 0.15) is 53.4 Å². The minimum atomic E-state index is -0.992. The third-order valence-corrected chi connectivity index (χ3v) is 6.94. The first-order valence-corrected chi connectivity index (χ1v) is 9.76. The van der Waals surface area contributed by atoms with Gasteiger partial charge in [0, 0.05) is 17.9 Å². The summed E-state index contributed by atoms with van der Waals surface area (Å²) in [5.41, 5.74) is 2.50. The van der Waals surface area contributed by atoms with Crippen molar-refractivity contribution in [2.45, 2.75) is 71.7 Å². The summed E-state index contributed by atoms with van der Waals surface area (Å²) in [6.45, 7) is 12.0. The molecule has 0 spiro atoms. The van der Waals surface area contributed by atoms with Gasteiger partial charge in [-0.1, -0.05) is 43.7 Å². The Morgan fingerprint density at radius 3 is 2.73 bits per heavy atom. The molecule has 0 aliphatic heterocycles. The fourth-order valence-electron chi connectivity index (χ4n) is 5.64. The van der Waals surface area contributed by atoms with Crippen LogP contribution in [-0.2, 0) is 9.53 Å². The zero-order valence-electron chi connectivity index (χ0n) is 16.4. The Morgan fingerprint density at radius 1 is 1.38 bits per heavy atom. The molecule has 7 atom stereocenters. The summed E-state index contributed by atoms with van der Waals surface area (Å²) < 4.78 is 5.65. The normalized spacial score (nSPS) is 44.5. The predicted molar refractivity (Wildman–Crippen MR) is 101 cm³/mol. The van der Waals surface area contributed by atoms with E-state index in [1.165, 1.54) is 6.92 Å². The summed E-state index contributed by atoms with van der Waals surface area (Å²) in [6.07, 6.45) is 5.27. The van der Waals surface area contributed by atoms with Gasteiger partial charge in [-0.25, -0.2) is 0 Å². The number of carbonyl (C=O) groups excluding carboxylic acids is 1. The molecule has 26 heavy (non-hydrogen) atoms. The number of aliphatic hydroxyl groups is 2. The van der Waals surface area contributed by atoms with Crippen molar-refractivity contribution in [3.63, 3.8) is 0 Å². The van der Waals surface area contributed by atoms with Crippen molar-refractivity contribution >= 4 is 5.97 Å². The molecule has 1 fully saturated rings. The van der Waals surface area contributed by atoms with Crippen molar-refractivity contribution in [1.29, 1.82) is 0 Å². The smallest absolute Gasteiger partial charge is 0.303 e. The van der Waals surface area contributed by atoms with Crippen LogP contribution < -0.4 is 0 Å². The highest BCUT2D eigenvalue weighted by Gasteiger charge is 2.57. The molecule has 0 heterocycles. The van der Waals surface area contributed by atoms with Crippen LogP contribution >= 0.6 is 0 Å². The van der Waals surface area contributed by atoms with E-state index in [9.17, 15) is 15.0 Å². The summed E-state index contributed by atoms with van der Waals surface area (Å²) in [4.78, 5) is 11.7. The third kappa shape index (κ3) is 3.07. The molecular weight excluding hydrogens is 328 g/mol. The van der Waals surface area contributed by atoms with Crippen LogP contribution in [0.3, 0.4) is 0 Å². The highest BCUT2D eigenvalue weighted by atomic mass is 16.5. The molecule has 2 N–H and O–H groups in total. The molecule has 3 aliphatic rings. The Kier molecular flexibility index (Phi) is 5.19. The molecular formula is C22H32O4. The average molecular weight is 360 g/mol. The summed E-state index contributed by atoms with van der Waals surface area (Å²) in [5.74, 6) is 0.300. The van der Waals surface area contributed by atoms with E-state index in [-0.39, 0.29) is 23.2 Å². The SMILES string of the molecule is C=C1/C=C/C[C@H](C)C[C@H](OC(C)=O)C2=C(C)[C@@H]3[C@H]1CC[C@]3(C)[C@@H](O)[C@@H]2O. The van der Waals surface area contributed by atoms with Crippen LogP contribution in [0, 0.1) is 23.2 Å². The summed E-state index contributed by atoms with van der Waals surface area (Å²) in [7, 11) is 0. The standard InChI is InChI=1S/C22H32O4/c1-12-7-6-8-13(2)16-9-10-22(5)19(16)14(3)18(20(24)21(22)25)17(11-12)26-15(4)23/h6,8,12,16-17,19-21,24-25H,2,7,9-11H2,1,3-5H3/b8-6+/t12-,16-,17-,19+,20+,21-,22-/m0/s1. The quantitative estimate of drug-likeness (QED) is 0.554. The lowest BCUT2D eigenvalue weighted by atomic mass is 9.61. The predicted octanol–water partition coefficient (Wildman–Crippen LogP) is 3.54. The Labute approximate surface area is 156 Å². The van der Waals surface area contributed by atoms with E-state index in [1.54, 1.807) is 0 Å². The van der Waals surface area contributed by atoms with E-state index in [0.29, 0.717) is 17.9 Å². The number of carbonyl (C=O) groups is 1. The maximum Gasteiger partial charge on any atom is 0.303 e. The van der Waals surface area contributed by atoms with Gasteiger partial charge in [0.25, 0.3) is 0 Å². The van der Waals surface area contributed by atoms with Gasteiger partial charge in [-0.3, -0.25) is 4.79 Å². The first kappa shape index (κ1) is 19.4. The second-order valence-corrected chi connectivity index (χ2v) is 8.81. The van der Waals surface area contributed by atoms with Gasteiger partial charge < -0.3 is 14.9 Å². The van der Waals surface area contributed by atoms with Crippen molar-refractivity contribution in [2.24, 2.45) is 23.2 Å². The summed E-state index contributed by atoms with van der Waals surface area (Å²) in [5, 5.41) is 22.0. The molecule has 1 saturated carbocycles.